The van der Waals surface area contributed by atoms with Gasteiger partial charge in [-0.1, -0.05) is 23.7 Å². The van der Waals surface area contributed by atoms with Gasteiger partial charge < -0.3 is 10.2 Å². The maximum absolute atomic E-state index is 13.4. The van der Waals surface area contributed by atoms with E-state index in [1.165, 1.54) is 17.0 Å². The van der Waals surface area contributed by atoms with E-state index in [1.54, 1.807) is 31.2 Å². The lowest BCUT2D eigenvalue weighted by Gasteiger charge is -2.33. The molecule has 0 saturated carbocycles. The first-order chi connectivity index (χ1) is 15.2. The molecular formula is C23H29ClFN3O4S. The maximum Gasteiger partial charge on any atom is 0.244 e. The number of rotatable bonds is 8. The van der Waals surface area contributed by atoms with Crippen molar-refractivity contribution in [1.29, 1.82) is 0 Å². The maximum atomic E-state index is 13.4. The summed E-state index contributed by atoms with van der Waals surface area (Å²) in [5.41, 5.74) is 0.295. The molecule has 10 heteroatoms. The molecular weight excluding hydrogens is 469 g/mol. The number of nitrogens with zero attached hydrogens (tertiary/aromatic N) is 2. The number of anilines is 1. The quantitative estimate of drug-likeness (QED) is 0.604. The Bertz CT molecular complexity index is 1100. The molecule has 2 aromatic rings. The van der Waals surface area contributed by atoms with Gasteiger partial charge in [-0.25, -0.2) is 12.8 Å². The standard InChI is InChI=1S/C23H29ClFN3O4S/c1-16(22(30)26-23(2,3)4)27(14-17-7-6-8-18(24)13-17)21(29)15-28(33(5,31)32)20-11-9-19(25)10-12-20/h6-13,16H,14-15H2,1-5H3,(H,26,30). The van der Waals surface area contributed by atoms with Crippen molar-refractivity contribution in [3.05, 3.63) is 64.9 Å². The predicted molar refractivity (Wildman–Crippen MR) is 128 cm³/mol. The van der Waals surface area contributed by atoms with Crippen LogP contribution in [0.2, 0.25) is 5.02 Å². The van der Waals surface area contributed by atoms with Crippen molar-refractivity contribution in [3.63, 3.8) is 0 Å². The van der Waals surface area contributed by atoms with Crippen LogP contribution in [-0.2, 0) is 26.2 Å². The van der Waals surface area contributed by atoms with Gasteiger partial charge in [0.25, 0.3) is 0 Å². The summed E-state index contributed by atoms with van der Waals surface area (Å²) in [5, 5.41) is 3.31. The molecule has 0 saturated heterocycles. The Morgan fingerprint density at radius 2 is 1.73 bits per heavy atom. The normalized spacial score (nSPS) is 12.7. The summed E-state index contributed by atoms with van der Waals surface area (Å²) in [6, 6.07) is 10.7. The molecule has 0 aliphatic carbocycles. The monoisotopic (exact) mass is 497 g/mol. The molecule has 1 N–H and O–H groups in total. The predicted octanol–water partition coefficient (Wildman–Crippen LogP) is 3.58. The zero-order valence-electron chi connectivity index (χ0n) is 19.3. The highest BCUT2D eigenvalue weighted by Crippen LogP contribution is 2.20. The summed E-state index contributed by atoms with van der Waals surface area (Å²) in [7, 11) is -3.87. The molecule has 2 amide bonds. The van der Waals surface area contributed by atoms with Crippen LogP contribution in [0.25, 0.3) is 0 Å². The Balaban J connectivity index is 2.39. The van der Waals surface area contributed by atoms with Crippen LogP contribution in [0.15, 0.2) is 48.5 Å². The van der Waals surface area contributed by atoms with Crippen molar-refractivity contribution in [2.75, 3.05) is 17.1 Å². The van der Waals surface area contributed by atoms with Crippen molar-refractivity contribution < 1.29 is 22.4 Å². The zero-order valence-corrected chi connectivity index (χ0v) is 20.9. The minimum atomic E-state index is -3.87. The highest BCUT2D eigenvalue weighted by molar-refractivity contribution is 7.92. The van der Waals surface area contributed by atoms with Crippen LogP contribution in [0, 0.1) is 5.82 Å². The molecule has 0 radical (unpaired) electrons. The van der Waals surface area contributed by atoms with Crippen molar-refractivity contribution in [2.24, 2.45) is 0 Å². The zero-order chi connectivity index (χ0) is 25.0. The van der Waals surface area contributed by atoms with Gasteiger partial charge in [0.1, 0.15) is 18.4 Å². The summed E-state index contributed by atoms with van der Waals surface area (Å²) >= 11 is 6.07. The van der Waals surface area contributed by atoms with Crippen molar-refractivity contribution >= 4 is 39.1 Å². The molecule has 0 bridgehead atoms. The van der Waals surface area contributed by atoms with Crippen molar-refractivity contribution in [1.82, 2.24) is 10.2 Å². The number of nitrogens with one attached hydrogen (secondary N) is 1. The molecule has 0 fully saturated rings. The second kappa shape index (κ2) is 10.5. The third-order valence-electron chi connectivity index (χ3n) is 4.70. The van der Waals surface area contributed by atoms with Crippen LogP contribution in [0.1, 0.15) is 33.3 Å². The van der Waals surface area contributed by atoms with Gasteiger partial charge in [-0.15, -0.1) is 0 Å². The Kier molecular flexibility index (Phi) is 8.48. The molecule has 0 spiro atoms. The number of amides is 2. The average Bonchev–Trinajstić information content (AvgIpc) is 2.68. The number of carbonyl (C=O) groups excluding carboxylic acids is 2. The molecule has 1 atom stereocenters. The first kappa shape index (κ1) is 26.6. The number of hydrogen-bond donors (Lipinski definition) is 1. The van der Waals surface area contributed by atoms with Crippen LogP contribution in [0.4, 0.5) is 10.1 Å². The summed E-state index contributed by atoms with van der Waals surface area (Å²) in [6.45, 7) is 6.52. The fourth-order valence-corrected chi connectivity index (χ4v) is 4.17. The van der Waals surface area contributed by atoms with Crippen LogP contribution >= 0.6 is 11.6 Å². The lowest BCUT2D eigenvalue weighted by molar-refractivity contribution is -0.140. The second-order valence-electron chi connectivity index (χ2n) is 8.81. The third-order valence-corrected chi connectivity index (χ3v) is 6.08. The molecule has 0 aliphatic rings. The van der Waals surface area contributed by atoms with E-state index in [-0.39, 0.29) is 18.1 Å². The lowest BCUT2D eigenvalue weighted by Crippen LogP contribution is -2.54. The summed E-state index contributed by atoms with van der Waals surface area (Å²) in [6.07, 6.45) is 0.959. The summed E-state index contributed by atoms with van der Waals surface area (Å²) < 4.78 is 39.1. The second-order valence-corrected chi connectivity index (χ2v) is 11.2. The molecule has 0 aromatic heterocycles. The van der Waals surface area contributed by atoms with Crippen molar-refractivity contribution in [2.45, 2.75) is 45.8 Å². The van der Waals surface area contributed by atoms with Gasteiger partial charge in [0.15, 0.2) is 0 Å². The van der Waals surface area contributed by atoms with Gasteiger partial charge in [-0.3, -0.25) is 13.9 Å². The SMILES string of the molecule is CC(C(=O)NC(C)(C)C)N(Cc1cccc(Cl)c1)C(=O)CN(c1ccc(F)cc1)S(C)(=O)=O. The van der Waals surface area contributed by atoms with Gasteiger partial charge >= 0.3 is 0 Å². The minimum absolute atomic E-state index is 0.0408. The van der Waals surface area contributed by atoms with E-state index in [1.807, 2.05) is 20.8 Å². The highest BCUT2D eigenvalue weighted by atomic mass is 35.5. The van der Waals surface area contributed by atoms with Crippen LogP contribution in [-0.4, -0.2) is 49.5 Å². The highest BCUT2D eigenvalue weighted by Gasteiger charge is 2.31. The molecule has 2 rings (SSSR count). The largest absolute Gasteiger partial charge is 0.350 e. The molecule has 0 heterocycles. The van der Waals surface area contributed by atoms with Gasteiger partial charge in [-0.2, -0.15) is 0 Å². The van der Waals surface area contributed by atoms with Gasteiger partial charge in [0.2, 0.25) is 21.8 Å². The van der Waals surface area contributed by atoms with E-state index in [0.29, 0.717) is 10.6 Å². The van der Waals surface area contributed by atoms with E-state index in [2.05, 4.69) is 5.32 Å². The Morgan fingerprint density at radius 3 is 2.24 bits per heavy atom. The molecule has 7 nitrogen and oxygen atoms in total. The topological polar surface area (TPSA) is 86.8 Å². The average molecular weight is 498 g/mol. The van der Waals surface area contributed by atoms with E-state index >= 15 is 0 Å². The molecule has 2 aromatic carbocycles. The minimum Gasteiger partial charge on any atom is -0.350 e. The fourth-order valence-electron chi connectivity index (χ4n) is 3.11. The Labute approximate surface area is 199 Å². The van der Waals surface area contributed by atoms with Crippen LogP contribution < -0.4 is 9.62 Å². The van der Waals surface area contributed by atoms with E-state index in [0.717, 1.165) is 22.7 Å². The van der Waals surface area contributed by atoms with E-state index in [4.69, 9.17) is 11.6 Å². The lowest BCUT2D eigenvalue weighted by atomic mass is 10.1. The molecule has 33 heavy (non-hydrogen) atoms. The summed E-state index contributed by atoms with van der Waals surface area (Å²) in [4.78, 5) is 27.5. The Hall–Kier alpha value is -2.65. The van der Waals surface area contributed by atoms with Gasteiger partial charge in [-0.05, 0) is 69.7 Å². The van der Waals surface area contributed by atoms with Crippen molar-refractivity contribution in [3.8, 4) is 0 Å². The smallest absolute Gasteiger partial charge is 0.244 e. The first-order valence-electron chi connectivity index (χ1n) is 10.3. The Morgan fingerprint density at radius 1 is 1.12 bits per heavy atom. The molecule has 1 unspecified atom stereocenters. The number of benzene rings is 2. The molecule has 0 aliphatic heterocycles. The van der Waals surface area contributed by atoms with Crippen LogP contribution in [0.3, 0.4) is 0 Å². The van der Waals surface area contributed by atoms with Crippen LogP contribution in [0.5, 0.6) is 0 Å². The van der Waals surface area contributed by atoms with Gasteiger partial charge in [0, 0.05) is 17.1 Å². The number of halogens is 2. The third kappa shape index (κ3) is 8.01. The number of hydrogen-bond acceptors (Lipinski definition) is 4. The van der Waals surface area contributed by atoms with Gasteiger partial charge in [0.05, 0.1) is 11.9 Å². The first-order valence-corrected chi connectivity index (χ1v) is 12.5. The fraction of sp³-hybridized carbons (Fsp3) is 0.391. The van der Waals surface area contributed by atoms with E-state index in [9.17, 15) is 22.4 Å². The van der Waals surface area contributed by atoms with E-state index < -0.39 is 39.9 Å². The number of sulfonamides is 1. The summed E-state index contributed by atoms with van der Waals surface area (Å²) in [5.74, 6) is -1.51. The molecule has 180 valence electrons. The number of carbonyl (C=O) groups is 2.